The lowest BCUT2D eigenvalue weighted by Gasteiger charge is -2.39. The van der Waals surface area contributed by atoms with E-state index in [1.54, 1.807) is 0 Å². The van der Waals surface area contributed by atoms with Crippen molar-refractivity contribution in [3.63, 3.8) is 0 Å². The monoisotopic (exact) mass is 199 g/mol. The summed E-state index contributed by atoms with van der Waals surface area (Å²) in [5.74, 6) is 1.02. The Bertz CT molecular complexity index is 291. The first kappa shape index (κ1) is 9.10. The van der Waals surface area contributed by atoms with Gasteiger partial charge in [-0.2, -0.15) is 0 Å². The van der Waals surface area contributed by atoms with E-state index in [1.807, 2.05) is 12.1 Å². The minimum Gasteiger partial charge on any atom is -0.449 e. The van der Waals surface area contributed by atoms with Crippen LogP contribution in [-0.2, 0) is 5.41 Å². The molecule has 2 nitrogen and oxygen atoms in total. The highest BCUT2D eigenvalue weighted by molar-refractivity contribution is 6.28. The molecule has 1 aliphatic rings. The van der Waals surface area contributed by atoms with Gasteiger partial charge in [-0.25, -0.2) is 0 Å². The molecule has 1 saturated carbocycles. The summed E-state index contributed by atoms with van der Waals surface area (Å²) in [7, 11) is 0. The van der Waals surface area contributed by atoms with Gasteiger partial charge in [0.1, 0.15) is 5.76 Å². The third-order valence-corrected chi connectivity index (χ3v) is 3.23. The molecule has 0 unspecified atom stereocenters. The van der Waals surface area contributed by atoms with E-state index in [1.165, 1.54) is 19.3 Å². The second-order valence-electron chi connectivity index (χ2n) is 3.78. The number of hydrogen-bond donors (Lipinski definition) is 1. The Morgan fingerprint density at radius 2 is 2.23 bits per heavy atom. The van der Waals surface area contributed by atoms with Gasteiger partial charge < -0.3 is 10.2 Å². The minimum atomic E-state index is 0.210. The number of nitrogens with two attached hydrogens (primary N) is 1. The molecule has 0 aliphatic heterocycles. The maximum absolute atomic E-state index is 5.75. The fourth-order valence-corrected chi connectivity index (χ4v) is 2.24. The average Bonchev–Trinajstić information content (AvgIpc) is 2.44. The molecule has 0 radical (unpaired) electrons. The molecule has 0 atom stereocenters. The molecule has 0 spiro atoms. The summed E-state index contributed by atoms with van der Waals surface area (Å²) in [6.07, 6.45) is 4.66. The van der Waals surface area contributed by atoms with Gasteiger partial charge in [-0.05, 0) is 49.5 Å². The summed E-state index contributed by atoms with van der Waals surface area (Å²) in [6, 6.07) is 3.80. The van der Waals surface area contributed by atoms with Crippen LogP contribution in [-0.4, -0.2) is 6.54 Å². The predicted octanol–water partition coefficient (Wildman–Crippen LogP) is 2.70. The molecule has 1 aromatic heterocycles. The average molecular weight is 200 g/mol. The van der Waals surface area contributed by atoms with E-state index in [-0.39, 0.29) is 5.41 Å². The van der Waals surface area contributed by atoms with Crippen LogP contribution < -0.4 is 5.73 Å². The number of halogens is 1. The maximum atomic E-state index is 5.75. The van der Waals surface area contributed by atoms with Gasteiger partial charge in [0.2, 0.25) is 0 Å². The SMILES string of the molecule is NCCC1(c2ccc(Cl)o2)CCC1. The van der Waals surface area contributed by atoms with Crippen LogP contribution in [0.4, 0.5) is 0 Å². The lowest BCUT2D eigenvalue weighted by molar-refractivity contribution is 0.188. The lowest BCUT2D eigenvalue weighted by atomic mass is 9.65. The van der Waals surface area contributed by atoms with Gasteiger partial charge in [-0.3, -0.25) is 0 Å². The van der Waals surface area contributed by atoms with Crippen molar-refractivity contribution in [3.8, 4) is 0 Å². The van der Waals surface area contributed by atoms with Crippen molar-refractivity contribution >= 4 is 11.6 Å². The largest absolute Gasteiger partial charge is 0.449 e. The minimum absolute atomic E-state index is 0.210. The Kier molecular flexibility index (Phi) is 2.35. The van der Waals surface area contributed by atoms with Gasteiger partial charge in [0.25, 0.3) is 0 Å². The van der Waals surface area contributed by atoms with Crippen molar-refractivity contribution in [1.29, 1.82) is 0 Å². The number of furan rings is 1. The summed E-state index contributed by atoms with van der Waals surface area (Å²) in [5, 5.41) is 0.485. The smallest absolute Gasteiger partial charge is 0.193 e. The van der Waals surface area contributed by atoms with Crippen molar-refractivity contribution in [3.05, 3.63) is 23.1 Å². The summed E-state index contributed by atoms with van der Waals surface area (Å²) >= 11 is 5.75. The topological polar surface area (TPSA) is 39.2 Å². The van der Waals surface area contributed by atoms with Crippen LogP contribution in [0, 0.1) is 0 Å². The maximum Gasteiger partial charge on any atom is 0.193 e. The third-order valence-electron chi connectivity index (χ3n) is 3.03. The summed E-state index contributed by atoms with van der Waals surface area (Å²) < 4.78 is 5.45. The fourth-order valence-electron chi connectivity index (χ4n) is 2.10. The summed E-state index contributed by atoms with van der Waals surface area (Å²) in [4.78, 5) is 0. The fraction of sp³-hybridized carbons (Fsp3) is 0.600. The van der Waals surface area contributed by atoms with Crippen molar-refractivity contribution < 1.29 is 4.42 Å². The van der Waals surface area contributed by atoms with Crippen LogP contribution in [0.15, 0.2) is 16.5 Å². The first-order valence-corrected chi connectivity index (χ1v) is 5.10. The van der Waals surface area contributed by atoms with Crippen molar-refractivity contribution in [1.82, 2.24) is 0 Å². The van der Waals surface area contributed by atoms with Gasteiger partial charge in [0.05, 0.1) is 0 Å². The van der Waals surface area contributed by atoms with Crippen molar-refractivity contribution in [2.45, 2.75) is 31.1 Å². The molecule has 1 aliphatic carbocycles. The number of hydrogen-bond acceptors (Lipinski definition) is 2. The highest BCUT2D eigenvalue weighted by Crippen LogP contribution is 2.46. The van der Waals surface area contributed by atoms with E-state index in [4.69, 9.17) is 21.8 Å². The zero-order valence-electron chi connectivity index (χ0n) is 7.55. The Labute approximate surface area is 83.1 Å². The van der Waals surface area contributed by atoms with E-state index < -0.39 is 0 Å². The first-order valence-electron chi connectivity index (χ1n) is 4.73. The molecule has 1 fully saturated rings. The molecule has 1 aromatic rings. The van der Waals surface area contributed by atoms with E-state index in [0.29, 0.717) is 5.22 Å². The molecular formula is C10H14ClNO. The molecule has 0 saturated heterocycles. The van der Waals surface area contributed by atoms with Crippen LogP contribution in [0.5, 0.6) is 0 Å². The molecule has 0 bridgehead atoms. The van der Waals surface area contributed by atoms with Crippen LogP contribution in [0.25, 0.3) is 0 Å². The quantitative estimate of drug-likeness (QED) is 0.813. The van der Waals surface area contributed by atoms with E-state index in [0.717, 1.165) is 18.7 Å². The molecule has 0 aromatic carbocycles. The van der Waals surface area contributed by atoms with Crippen molar-refractivity contribution in [2.24, 2.45) is 5.73 Å². The Morgan fingerprint density at radius 1 is 1.46 bits per heavy atom. The lowest BCUT2D eigenvalue weighted by Crippen LogP contribution is -2.35. The molecule has 13 heavy (non-hydrogen) atoms. The molecule has 1 heterocycles. The molecular weight excluding hydrogens is 186 g/mol. The predicted molar refractivity (Wildman–Crippen MR) is 52.9 cm³/mol. The Hall–Kier alpha value is -0.470. The first-order chi connectivity index (χ1) is 6.27. The van der Waals surface area contributed by atoms with Crippen molar-refractivity contribution in [2.75, 3.05) is 6.54 Å². The third kappa shape index (κ3) is 1.49. The van der Waals surface area contributed by atoms with Gasteiger partial charge >= 0.3 is 0 Å². The van der Waals surface area contributed by atoms with Gasteiger partial charge in [-0.1, -0.05) is 6.42 Å². The summed E-state index contributed by atoms with van der Waals surface area (Å²) in [6.45, 7) is 0.721. The normalized spacial score (nSPS) is 19.8. The van der Waals surface area contributed by atoms with Crippen LogP contribution in [0.1, 0.15) is 31.4 Å². The van der Waals surface area contributed by atoms with Crippen LogP contribution >= 0.6 is 11.6 Å². The molecule has 72 valence electrons. The van der Waals surface area contributed by atoms with Gasteiger partial charge in [0.15, 0.2) is 5.22 Å². The van der Waals surface area contributed by atoms with E-state index in [9.17, 15) is 0 Å². The zero-order chi connectivity index (χ0) is 9.31. The summed E-state index contributed by atoms with van der Waals surface area (Å²) in [5.41, 5.74) is 5.80. The molecule has 2 rings (SSSR count). The Balaban J connectivity index is 2.21. The Morgan fingerprint density at radius 3 is 2.62 bits per heavy atom. The second kappa shape index (κ2) is 3.35. The van der Waals surface area contributed by atoms with E-state index >= 15 is 0 Å². The standard InChI is InChI=1S/C10H14ClNO/c11-9-3-2-8(13-9)10(6-7-12)4-1-5-10/h2-3H,1,4-7,12H2. The van der Waals surface area contributed by atoms with E-state index in [2.05, 4.69) is 0 Å². The molecule has 0 amide bonds. The van der Waals surface area contributed by atoms with Gasteiger partial charge in [0, 0.05) is 5.41 Å². The molecule has 2 N–H and O–H groups in total. The second-order valence-corrected chi connectivity index (χ2v) is 4.15. The highest BCUT2D eigenvalue weighted by Gasteiger charge is 2.40. The van der Waals surface area contributed by atoms with Gasteiger partial charge in [-0.15, -0.1) is 0 Å². The highest BCUT2D eigenvalue weighted by atomic mass is 35.5. The molecule has 3 heteroatoms. The number of rotatable bonds is 3. The van der Waals surface area contributed by atoms with Crippen LogP contribution in [0.3, 0.4) is 0 Å². The van der Waals surface area contributed by atoms with Crippen LogP contribution in [0.2, 0.25) is 5.22 Å². The zero-order valence-corrected chi connectivity index (χ0v) is 8.31.